The Morgan fingerprint density at radius 3 is 2.63 bits per heavy atom. The fourth-order valence-corrected chi connectivity index (χ4v) is 6.17. The number of anilines is 1. The first-order chi connectivity index (χ1) is 18.6. The molecule has 3 aliphatic rings. The molecule has 198 valence electrons. The molecule has 2 aromatic carbocycles. The number of benzene rings is 2. The van der Waals surface area contributed by atoms with Gasteiger partial charge in [0.25, 0.3) is 5.91 Å². The molecule has 1 aromatic heterocycles. The van der Waals surface area contributed by atoms with Gasteiger partial charge < -0.3 is 15.0 Å². The Morgan fingerprint density at radius 1 is 1.05 bits per heavy atom. The Balaban J connectivity index is 1.07. The van der Waals surface area contributed by atoms with Gasteiger partial charge in [-0.15, -0.1) is 5.10 Å². The van der Waals surface area contributed by atoms with Crippen LogP contribution in [-0.2, 0) is 28.8 Å². The van der Waals surface area contributed by atoms with E-state index in [0.29, 0.717) is 30.5 Å². The summed E-state index contributed by atoms with van der Waals surface area (Å²) in [4.78, 5) is 32.9. The average molecular weight is 514 g/mol. The summed E-state index contributed by atoms with van der Waals surface area (Å²) in [6.45, 7) is 3.89. The first-order valence-corrected chi connectivity index (χ1v) is 13.8. The summed E-state index contributed by atoms with van der Waals surface area (Å²) in [5.41, 5.74) is 5.01. The van der Waals surface area contributed by atoms with Crippen LogP contribution in [0.1, 0.15) is 65.2 Å². The lowest BCUT2D eigenvalue weighted by Crippen LogP contribution is -2.43. The van der Waals surface area contributed by atoms with Gasteiger partial charge in [-0.3, -0.25) is 14.7 Å². The molecule has 38 heavy (non-hydrogen) atoms. The molecule has 0 bridgehead atoms. The number of Topliss-reactive ketones (excluding diaryl/α,β-unsaturated/α-hetero) is 1. The quantitative estimate of drug-likeness (QED) is 0.505. The van der Waals surface area contributed by atoms with Crippen molar-refractivity contribution in [2.45, 2.75) is 57.4 Å². The fourth-order valence-electron chi connectivity index (χ4n) is 6.17. The first kappa shape index (κ1) is 24.8. The van der Waals surface area contributed by atoms with Gasteiger partial charge in [0, 0.05) is 44.8 Å². The summed E-state index contributed by atoms with van der Waals surface area (Å²) < 4.78 is 5.59. The van der Waals surface area contributed by atoms with Crippen molar-refractivity contribution in [1.29, 1.82) is 0 Å². The lowest BCUT2D eigenvalue weighted by Gasteiger charge is -2.45. The normalized spacial score (nSPS) is 21.1. The third-order valence-electron chi connectivity index (χ3n) is 8.64. The van der Waals surface area contributed by atoms with Gasteiger partial charge in [0.15, 0.2) is 5.78 Å². The summed E-state index contributed by atoms with van der Waals surface area (Å²) in [5.74, 6) is 0.309. The van der Waals surface area contributed by atoms with Gasteiger partial charge in [-0.2, -0.15) is 0 Å². The number of rotatable bonds is 5. The van der Waals surface area contributed by atoms with E-state index < -0.39 is 11.9 Å². The summed E-state index contributed by atoms with van der Waals surface area (Å²) >= 11 is 0. The molecule has 0 saturated carbocycles. The van der Waals surface area contributed by atoms with Crippen LogP contribution in [0.2, 0.25) is 0 Å². The molecule has 1 amide bonds. The number of hydrogen-bond donors (Lipinski definition) is 2. The van der Waals surface area contributed by atoms with E-state index in [2.05, 4.69) is 43.6 Å². The van der Waals surface area contributed by atoms with Crippen molar-refractivity contribution in [2.24, 2.45) is 5.41 Å². The van der Waals surface area contributed by atoms with Crippen molar-refractivity contribution in [3.8, 4) is 0 Å². The number of aryl methyl sites for hydroxylation is 1. The SMILES string of the molecule is O=C(N[C@H]1CCc2ccc(N3CCC4(CCOCC4)CC3)cc2CC1=O)c1n[nH]c(Cc2ccccc2)n1. The highest BCUT2D eigenvalue weighted by Gasteiger charge is 2.36. The number of amides is 1. The molecule has 2 N–H and O–H groups in total. The number of carbonyl (C=O) groups excluding carboxylic acids is 2. The van der Waals surface area contributed by atoms with Crippen LogP contribution >= 0.6 is 0 Å². The number of nitrogens with zero attached hydrogens (tertiary/aromatic N) is 3. The molecule has 3 heterocycles. The van der Waals surface area contributed by atoms with Gasteiger partial charge >= 0.3 is 0 Å². The Labute approximate surface area is 223 Å². The van der Waals surface area contributed by atoms with E-state index in [1.54, 1.807) is 0 Å². The van der Waals surface area contributed by atoms with Crippen LogP contribution < -0.4 is 10.2 Å². The number of aromatic nitrogens is 3. The number of fused-ring (bicyclic) bond motifs is 1. The molecule has 1 spiro atoms. The summed E-state index contributed by atoms with van der Waals surface area (Å²) in [5, 5.41) is 9.83. The second-order valence-corrected chi connectivity index (χ2v) is 11.0. The van der Waals surface area contributed by atoms with E-state index in [1.807, 2.05) is 30.3 Å². The molecule has 6 rings (SSSR count). The van der Waals surface area contributed by atoms with E-state index in [1.165, 1.54) is 36.9 Å². The van der Waals surface area contributed by atoms with Gasteiger partial charge in [-0.25, -0.2) is 4.98 Å². The summed E-state index contributed by atoms with van der Waals surface area (Å²) in [6, 6.07) is 15.9. The van der Waals surface area contributed by atoms with Crippen molar-refractivity contribution in [2.75, 3.05) is 31.2 Å². The van der Waals surface area contributed by atoms with Gasteiger partial charge in [-0.05, 0) is 72.8 Å². The monoisotopic (exact) mass is 513 g/mol. The van der Waals surface area contributed by atoms with Crippen LogP contribution in [0.4, 0.5) is 5.69 Å². The third-order valence-corrected chi connectivity index (χ3v) is 8.64. The highest BCUT2D eigenvalue weighted by molar-refractivity contribution is 5.96. The van der Waals surface area contributed by atoms with E-state index in [0.717, 1.165) is 43.9 Å². The first-order valence-electron chi connectivity index (χ1n) is 13.8. The molecular formula is C30H35N5O3. The van der Waals surface area contributed by atoms with E-state index >= 15 is 0 Å². The largest absolute Gasteiger partial charge is 0.381 e. The molecule has 3 aromatic rings. The zero-order chi connectivity index (χ0) is 26.0. The number of ketones is 1. The molecule has 2 saturated heterocycles. The van der Waals surface area contributed by atoms with Crippen LogP contribution in [0.15, 0.2) is 48.5 Å². The Morgan fingerprint density at radius 2 is 1.84 bits per heavy atom. The minimum absolute atomic E-state index is 0.0362. The highest BCUT2D eigenvalue weighted by atomic mass is 16.5. The van der Waals surface area contributed by atoms with E-state index in [4.69, 9.17) is 4.74 Å². The molecule has 0 unspecified atom stereocenters. The molecular weight excluding hydrogens is 478 g/mol. The zero-order valence-corrected chi connectivity index (χ0v) is 21.7. The smallest absolute Gasteiger partial charge is 0.291 e. The predicted molar refractivity (Wildman–Crippen MR) is 144 cm³/mol. The minimum atomic E-state index is -0.544. The Hall–Kier alpha value is -3.52. The highest BCUT2D eigenvalue weighted by Crippen LogP contribution is 2.41. The molecule has 1 aliphatic carbocycles. The number of piperidine rings is 1. The maximum atomic E-state index is 13.2. The van der Waals surface area contributed by atoms with Crippen molar-refractivity contribution >= 4 is 17.4 Å². The molecule has 2 fully saturated rings. The Bertz CT molecular complexity index is 1290. The summed E-state index contributed by atoms with van der Waals surface area (Å²) in [7, 11) is 0. The second kappa shape index (κ2) is 10.7. The number of ether oxygens (including phenoxy) is 1. The van der Waals surface area contributed by atoms with Crippen molar-refractivity contribution in [3.63, 3.8) is 0 Å². The van der Waals surface area contributed by atoms with Crippen LogP contribution in [0, 0.1) is 5.41 Å². The zero-order valence-electron chi connectivity index (χ0n) is 21.7. The van der Waals surface area contributed by atoms with Gasteiger partial charge in [0.05, 0.1) is 6.04 Å². The van der Waals surface area contributed by atoms with E-state index in [-0.39, 0.29) is 11.6 Å². The second-order valence-electron chi connectivity index (χ2n) is 11.0. The fraction of sp³-hybridized carbons (Fsp3) is 0.467. The van der Waals surface area contributed by atoms with Crippen molar-refractivity contribution in [1.82, 2.24) is 20.5 Å². The average Bonchev–Trinajstić information content (AvgIpc) is 3.35. The van der Waals surface area contributed by atoms with Gasteiger partial charge in [-0.1, -0.05) is 36.4 Å². The van der Waals surface area contributed by atoms with Crippen molar-refractivity contribution < 1.29 is 14.3 Å². The van der Waals surface area contributed by atoms with Crippen LogP contribution in [0.5, 0.6) is 0 Å². The van der Waals surface area contributed by atoms with Gasteiger partial charge in [0.2, 0.25) is 5.82 Å². The summed E-state index contributed by atoms with van der Waals surface area (Å²) in [6.07, 6.45) is 6.98. The standard InChI is InChI=1S/C30H35N5O3/c36-26-20-23-19-24(35-14-10-30(11-15-35)12-16-38-17-13-30)8-6-22(23)7-9-25(26)31-29(37)28-32-27(33-34-28)18-21-4-2-1-3-5-21/h1-6,8,19,25H,7,9-18,20H2,(H,31,37)(H,32,33,34)/t25-/m0/s1. The predicted octanol–water partition coefficient (Wildman–Crippen LogP) is 3.65. The van der Waals surface area contributed by atoms with Crippen LogP contribution in [0.3, 0.4) is 0 Å². The number of aromatic amines is 1. The molecule has 8 heteroatoms. The lowest BCUT2D eigenvalue weighted by atomic mass is 9.72. The van der Waals surface area contributed by atoms with Gasteiger partial charge in [0.1, 0.15) is 5.82 Å². The third kappa shape index (κ3) is 5.36. The number of H-pyrrole nitrogens is 1. The van der Waals surface area contributed by atoms with Crippen LogP contribution in [0.25, 0.3) is 0 Å². The molecule has 2 aliphatic heterocycles. The number of hydrogen-bond acceptors (Lipinski definition) is 6. The minimum Gasteiger partial charge on any atom is -0.381 e. The number of carbonyl (C=O) groups is 2. The molecule has 1 atom stereocenters. The maximum absolute atomic E-state index is 13.2. The number of nitrogens with one attached hydrogen (secondary N) is 2. The lowest BCUT2D eigenvalue weighted by molar-refractivity contribution is -0.120. The molecule has 0 radical (unpaired) electrons. The van der Waals surface area contributed by atoms with Crippen LogP contribution in [-0.4, -0.2) is 59.2 Å². The molecule has 8 nitrogen and oxygen atoms in total. The van der Waals surface area contributed by atoms with Crippen molar-refractivity contribution in [3.05, 3.63) is 76.9 Å². The Kier molecular flexibility index (Phi) is 6.98. The topological polar surface area (TPSA) is 100 Å². The van der Waals surface area contributed by atoms with E-state index in [9.17, 15) is 9.59 Å². The maximum Gasteiger partial charge on any atom is 0.291 e.